The molecular weight excluding hydrogens is 214 g/mol. The van der Waals surface area contributed by atoms with E-state index in [2.05, 4.69) is 24.5 Å². The maximum atomic E-state index is 11.8. The van der Waals surface area contributed by atoms with Crippen LogP contribution < -0.4 is 16.4 Å². The van der Waals surface area contributed by atoms with Gasteiger partial charge in [-0.3, -0.25) is 4.79 Å². The lowest BCUT2D eigenvalue weighted by Crippen LogP contribution is -2.49. The Morgan fingerprint density at radius 1 is 1.24 bits per heavy atom. The molecule has 1 fully saturated rings. The summed E-state index contributed by atoms with van der Waals surface area (Å²) in [7, 11) is 0. The molecule has 1 unspecified atom stereocenters. The summed E-state index contributed by atoms with van der Waals surface area (Å²) >= 11 is 0. The first-order valence-corrected chi connectivity index (χ1v) is 6.78. The van der Waals surface area contributed by atoms with Crippen LogP contribution in [0.3, 0.4) is 0 Å². The quantitative estimate of drug-likeness (QED) is 0.673. The van der Waals surface area contributed by atoms with Crippen LogP contribution in [0, 0.1) is 5.92 Å². The zero-order valence-electron chi connectivity index (χ0n) is 11.3. The van der Waals surface area contributed by atoms with E-state index in [1.807, 2.05) is 6.92 Å². The average Bonchev–Trinajstić information content (AvgIpc) is 2.28. The summed E-state index contributed by atoms with van der Waals surface area (Å²) in [6, 6.07) is 0.709. The van der Waals surface area contributed by atoms with Crippen molar-refractivity contribution in [2.24, 2.45) is 11.7 Å². The van der Waals surface area contributed by atoms with E-state index in [9.17, 15) is 4.79 Å². The van der Waals surface area contributed by atoms with Gasteiger partial charge < -0.3 is 16.4 Å². The van der Waals surface area contributed by atoms with Crippen molar-refractivity contribution in [1.29, 1.82) is 0 Å². The minimum Gasteiger partial charge on any atom is -0.354 e. The van der Waals surface area contributed by atoms with Crippen molar-refractivity contribution >= 4 is 5.91 Å². The lowest BCUT2D eigenvalue weighted by molar-refractivity contribution is -0.123. The molecular formula is C13H27N3O. The van der Waals surface area contributed by atoms with Crippen molar-refractivity contribution in [2.75, 3.05) is 6.54 Å². The number of carbonyl (C=O) groups is 1. The van der Waals surface area contributed by atoms with Crippen LogP contribution in [0.1, 0.15) is 46.5 Å². The highest BCUT2D eigenvalue weighted by Crippen LogP contribution is 2.17. The molecule has 100 valence electrons. The van der Waals surface area contributed by atoms with Gasteiger partial charge in [-0.15, -0.1) is 0 Å². The van der Waals surface area contributed by atoms with Crippen molar-refractivity contribution in [3.05, 3.63) is 0 Å². The van der Waals surface area contributed by atoms with E-state index < -0.39 is 0 Å². The standard InChI is InChI=1S/C13H27N3O/c1-9(2)8-15-13(17)10(3)16-12-6-4-11(14)5-7-12/h9-12,16H,4-8,14H2,1-3H3,(H,15,17). The maximum absolute atomic E-state index is 11.8. The van der Waals surface area contributed by atoms with Gasteiger partial charge in [0.2, 0.25) is 5.91 Å². The third-order valence-corrected chi connectivity index (χ3v) is 3.34. The van der Waals surface area contributed by atoms with Gasteiger partial charge in [0, 0.05) is 18.6 Å². The molecule has 0 saturated heterocycles. The molecule has 1 aliphatic rings. The smallest absolute Gasteiger partial charge is 0.236 e. The lowest BCUT2D eigenvalue weighted by Gasteiger charge is -2.29. The summed E-state index contributed by atoms with van der Waals surface area (Å²) in [4.78, 5) is 11.8. The fourth-order valence-corrected chi connectivity index (χ4v) is 2.17. The highest BCUT2D eigenvalue weighted by Gasteiger charge is 2.22. The van der Waals surface area contributed by atoms with Crippen molar-refractivity contribution < 1.29 is 4.79 Å². The van der Waals surface area contributed by atoms with E-state index in [0.29, 0.717) is 18.0 Å². The minimum atomic E-state index is -0.104. The number of nitrogens with one attached hydrogen (secondary N) is 2. The van der Waals surface area contributed by atoms with E-state index in [4.69, 9.17) is 5.73 Å². The molecule has 4 nitrogen and oxygen atoms in total. The SMILES string of the molecule is CC(C)CNC(=O)C(C)NC1CCC(N)CC1. The highest BCUT2D eigenvalue weighted by atomic mass is 16.2. The molecule has 0 heterocycles. The molecule has 1 rings (SSSR count). The second kappa shape index (κ2) is 6.97. The molecule has 1 saturated carbocycles. The van der Waals surface area contributed by atoms with Gasteiger partial charge in [-0.05, 0) is 38.5 Å². The van der Waals surface area contributed by atoms with Gasteiger partial charge in [0.1, 0.15) is 0 Å². The highest BCUT2D eigenvalue weighted by molar-refractivity contribution is 5.81. The van der Waals surface area contributed by atoms with Gasteiger partial charge in [0.25, 0.3) is 0 Å². The Labute approximate surface area is 105 Å². The first-order valence-electron chi connectivity index (χ1n) is 6.78. The Morgan fingerprint density at radius 3 is 2.35 bits per heavy atom. The molecule has 0 aliphatic heterocycles. The number of hydrogen-bond donors (Lipinski definition) is 3. The molecule has 1 aliphatic carbocycles. The van der Waals surface area contributed by atoms with Gasteiger partial charge in [-0.1, -0.05) is 13.8 Å². The van der Waals surface area contributed by atoms with Crippen LogP contribution >= 0.6 is 0 Å². The van der Waals surface area contributed by atoms with Gasteiger partial charge >= 0.3 is 0 Å². The Morgan fingerprint density at radius 2 is 1.82 bits per heavy atom. The molecule has 1 amide bonds. The summed E-state index contributed by atoms with van der Waals surface area (Å²) in [5.74, 6) is 0.604. The Balaban J connectivity index is 2.23. The van der Waals surface area contributed by atoms with E-state index in [1.54, 1.807) is 0 Å². The number of nitrogens with two attached hydrogens (primary N) is 1. The van der Waals surface area contributed by atoms with Crippen molar-refractivity contribution in [2.45, 2.75) is 64.6 Å². The molecule has 0 spiro atoms. The molecule has 4 heteroatoms. The second-order valence-corrected chi connectivity index (χ2v) is 5.64. The molecule has 0 bridgehead atoms. The van der Waals surface area contributed by atoms with E-state index in [0.717, 1.165) is 32.2 Å². The Hall–Kier alpha value is -0.610. The fraction of sp³-hybridized carbons (Fsp3) is 0.923. The van der Waals surface area contributed by atoms with Crippen molar-refractivity contribution in [1.82, 2.24) is 10.6 Å². The summed E-state index contributed by atoms with van der Waals surface area (Å²) in [6.07, 6.45) is 4.31. The first kappa shape index (κ1) is 14.5. The lowest BCUT2D eigenvalue weighted by atomic mass is 9.91. The topological polar surface area (TPSA) is 67.2 Å². The zero-order valence-corrected chi connectivity index (χ0v) is 11.3. The average molecular weight is 241 g/mol. The predicted molar refractivity (Wildman–Crippen MR) is 70.7 cm³/mol. The largest absolute Gasteiger partial charge is 0.354 e. The second-order valence-electron chi connectivity index (χ2n) is 5.64. The first-order chi connectivity index (χ1) is 7.99. The summed E-state index contributed by atoms with van der Waals surface area (Å²) < 4.78 is 0. The third-order valence-electron chi connectivity index (χ3n) is 3.34. The van der Waals surface area contributed by atoms with Gasteiger partial charge in [-0.2, -0.15) is 0 Å². The maximum Gasteiger partial charge on any atom is 0.236 e. The summed E-state index contributed by atoms with van der Waals surface area (Å²) in [6.45, 7) is 6.88. The molecule has 0 aromatic carbocycles. The van der Waals surface area contributed by atoms with E-state index in [-0.39, 0.29) is 11.9 Å². The van der Waals surface area contributed by atoms with Crippen LogP contribution in [0.5, 0.6) is 0 Å². The van der Waals surface area contributed by atoms with Gasteiger partial charge in [-0.25, -0.2) is 0 Å². The summed E-state index contributed by atoms with van der Waals surface area (Å²) in [5.41, 5.74) is 5.86. The van der Waals surface area contributed by atoms with Crippen LogP contribution in [0.2, 0.25) is 0 Å². The van der Waals surface area contributed by atoms with Gasteiger partial charge in [0.15, 0.2) is 0 Å². The molecule has 0 aromatic heterocycles. The Bertz CT molecular complexity index is 235. The predicted octanol–water partition coefficient (Wildman–Crippen LogP) is 1.01. The van der Waals surface area contributed by atoms with Crippen LogP contribution in [0.15, 0.2) is 0 Å². The minimum absolute atomic E-state index is 0.104. The zero-order chi connectivity index (χ0) is 12.8. The molecule has 0 aromatic rings. The van der Waals surface area contributed by atoms with Crippen molar-refractivity contribution in [3.8, 4) is 0 Å². The number of carbonyl (C=O) groups excluding carboxylic acids is 1. The number of hydrogen-bond acceptors (Lipinski definition) is 3. The van der Waals surface area contributed by atoms with Gasteiger partial charge in [0.05, 0.1) is 6.04 Å². The van der Waals surface area contributed by atoms with E-state index in [1.165, 1.54) is 0 Å². The monoisotopic (exact) mass is 241 g/mol. The molecule has 1 atom stereocenters. The number of rotatable bonds is 5. The molecule has 17 heavy (non-hydrogen) atoms. The Kier molecular flexibility index (Phi) is 5.92. The fourth-order valence-electron chi connectivity index (χ4n) is 2.17. The van der Waals surface area contributed by atoms with Crippen molar-refractivity contribution in [3.63, 3.8) is 0 Å². The number of amides is 1. The van der Waals surface area contributed by atoms with Crippen LogP contribution in [0.4, 0.5) is 0 Å². The van der Waals surface area contributed by atoms with E-state index >= 15 is 0 Å². The molecule has 4 N–H and O–H groups in total. The summed E-state index contributed by atoms with van der Waals surface area (Å²) in [5, 5.41) is 6.35. The molecule has 0 radical (unpaired) electrons. The van der Waals surface area contributed by atoms with Crippen LogP contribution in [-0.2, 0) is 4.79 Å². The van der Waals surface area contributed by atoms with Crippen LogP contribution in [0.25, 0.3) is 0 Å². The van der Waals surface area contributed by atoms with Crippen LogP contribution in [-0.4, -0.2) is 30.6 Å². The normalized spacial score (nSPS) is 26.9. The third kappa shape index (κ3) is 5.50.